The molecule has 2 saturated carbocycles. The van der Waals surface area contributed by atoms with Crippen molar-refractivity contribution >= 4 is 0 Å². The van der Waals surface area contributed by atoms with E-state index < -0.39 is 0 Å². The predicted octanol–water partition coefficient (Wildman–Crippen LogP) is 5.01. The highest BCUT2D eigenvalue weighted by Crippen LogP contribution is 2.43. The second-order valence-electron chi connectivity index (χ2n) is 8.10. The van der Waals surface area contributed by atoms with E-state index in [4.69, 9.17) is 0 Å². The van der Waals surface area contributed by atoms with Gasteiger partial charge in [0.2, 0.25) is 0 Å². The van der Waals surface area contributed by atoms with Gasteiger partial charge in [-0.05, 0) is 55.3 Å². The second kappa shape index (κ2) is 6.61. The summed E-state index contributed by atoms with van der Waals surface area (Å²) in [6.07, 6.45) is 11.6. The quantitative estimate of drug-likeness (QED) is 0.737. The van der Waals surface area contributed by atoms with E-state index in [1.165, 1.54) is 57.9 Å². The molecule has 2 aliphatic rings. The fourth-order valence-corrected chi connectivity index (χ4v) is 4.86. The molecule has 0 amide bonds. The third-order valence-electron chi connectivity index (χ3n) is 5.76. The fraction of sp³-hybridized carbons (Fsp3) is 1.00. The van der Waals surface area contributed by atoms with E-state index in [0.717, 1.165) is 23.8 Å². The first-order valence-electron chi connectivity index (χ1n) is 8.76. The summed E-state index contributed by atoms with van der Waals surface area (Å²) in [5.41, 5.74) is 0.630. The Balaban J connectivity index is 1.91. The van der Waals surface area contributed by atoms with E-state index in [-0.39, 0.29) is 0 Å². The smallest absolute Gasteiger partial charge is 0.0118 e. The molecule has 19 heavy (non-hydrogen) atoms. The lowest BCUT2D eigenvalue weighted by Gasteiger charge is -2.39. The molecule has 2 aliphatic carbocycles. The van der Waals surface area contributed by atoms with Gasteiger partial charge in [0, 0.05) is 12.6 Å². The third-order valence-corrected chi connectivity index (χ3v) is 5.76. The summed E-state index contributed by atoms with van der Waals surface area (Å²) in [5.74, 6) is 2.60. The minimum atomic E-state index is 0.630. The standard InChI is InChI=1S/C18H35N/c1-14(2)12-18(10-5-6-11-18)13-19-17-15(3)8-7-9-16(17)4/h14-17,19H,5-13H2,1-4H3. The van der Waals surface area contributed by atoms with E-state index in [9.17, 15) is 0 Å². The number of hydrogen-bond acceptors (Lipinski definition) is 1. The van der Waals surface area contributed by atoms with Crippen LogP contribution in [0.3, 0.4) is 0 Å². The van der Waals surface area contributed by atoms with Gasteiger partial charge in [0.25, 0.3) is 0 Å². The van der Waals surface area contributed by atoms with Crippen molar-refractivity contribution in [2.24, 2.45) is 23.2 Å². The molecule has 0 heterocycles. The van der Waals surface area contributed by atoms with E-state index >= 15 is 0 Å². The molecule has 0 aromatic heterocycles. The number of hydrogen-bond donors (Lipinski definition) is 1. The topological polar surface area (TPSA) is 12.0 Å². The maximum Gasteiger partial charge on any atom is 0.0118 e. The van der Waals surface area contributed by atoms with Crippen molar-refractivity contribution in [2.45, 2.75) is 85.1 Å². The van der Waals surface area contributed by atoms with Gasteiger partial charge in [-0.2, -0.15) is 0 Å². The zero-order valence-corrected chi connectivity index (χ0v) is 13.7. The molecule has 112 valence electrons. The van der Waals surface area contributed by atoms with Crippen LogP contribution in [0.15, 0.2) is 0 Å². The summed E-state index contributed by atoms with van der Waals surface area (Å²) >= 11 is 0. The summed E-state index contributed by atoms with van der Waals surface area (Å²) in [6.45, 7) is 11.0. The summed E-state index contributed by atoms with van der Waals surface area (Å²) in [5, 5.41) is 4.01. The Kier molecular flexibility index (Phi) is 5.34. The highest BCUT2D eigenvalue weighted by atomic mass is 14.9. The van der Waals surface area contributed by atoms with Crippen LogP contribution in [0.25, 0.3) is 0 Å². The Labute approximate surface area is 120 Å². The van der Waals surface area contributed by atoms with Gasteiger partial charge in [0.1, 0.15) is 0 Å². The lowest BCUT2D eigenvalue weighted by atomic mass is 9.75. The first-order valence-corrected chi connectivity index (χ1v) is 8.76. The zero-order valence-electron chi connectivity index (χ0n) is 13.7. The molecule has 0 spiro atoms. The molecule has 0 aromatic carbocycles. The lowest BCUT2D eigenvalue weighted by Crippen LogP contribution is -2.47. The van der Waals surface area contributed by atoms with Gasteiger partial charge >= 0.3 is 0 Å². The van der Waals surface area contributed by atoms with Gasteiger partial charge in [0.05, 0.1) is 0 Å². The molecular weight excluding hydrogens is 230 g/mol. The molecule has 0 bridgehead atoms. The Morgan fingerprint density at radius 1 is 1.00 bits per heavy atom. The average molecular weight is 265 g/mol. The van der Waals surface area contributed by atoms with Crippen LogP contribution in [0, 0.1) is 23.2 Å². The summed E-state index contributed by atoms with van der Waals surface area (Å²) < 4.78 is 0. The van der Waals surface area contributed by atoms with Crippen LogP contribution >= 0.6 is 0 Å². The van der Waals surface area contributed by atoms with Crippen molar-refractivity contribution in [1.82, 2.24) is 5.32 Å². The molecule has 2 rings (SSSR count). The predicted molar refractivity (Wildman–Crippen MR) is 84.3 cm³/mol. The molecule has 2 fully saturated rings. The minimum Gasteiger partial charge on any atom is -0.313 e. The molecular formula is C18H35N. The van der Waals surface area contributed by atoms with Gasteiger partial charge in [-0.25, -0.2) is 0 Å². The molecule has 0 aromatic rings. The van der Waals surface area contributed by atoms with Gasteiger partial charge in [-0.15, -0.1) is 0 Å². The largest absolute Gasteiger partial charge is 0.313 e. The van der Waals surface area contributed by atoms with Crippen LogP contribution < -0.4 is 5.32 Å². The van der Waals surface area contributed by atoms with Crippen molar-refractivity contribution in [3.8, 4) is 0 Å². The molecule has 2 atom stereocenters. The third kappa shape index (κ3) is 3.97. The normalized spacial score (nSPS) is 34.9. The van der Waals surface area contributed by atoms with Crippen molar-refractivity contribution in [3.05, 3.63) is 0 Å². The molecule has 2 unspecified atom stereocenters. The van der Waals surface area contributed by atoms with E-state index in [1.54, 1.807) is 0 Å². The van der Waals surface area contributed by atoms with Crippen LogP contribution in [0.4, 0.5) is 0 Å². The van der Waals surface area contributed by atoms with Crippen molar-refractivity contribution < 1.29 is 0 Å². The van der Waals surface area contributed by atoms with Gasteiger partial charge in [0.15, 0.2) is 0 Å². The van der Waals surface area contributed by atoms with E-state index in [1.807, 2.05) is 0 Å². The summed E-state index contributed by atoms with van der Waals surface area (Å²) in [4.78, 5) is 0. The van der Waals surface area contributed by atoms with Crippen LogP contribution in [-0.2, 0) is 0 Å². The first kappa shape index (κ1) is 15.4. The molecule has 1 N–H and O–H groups in total. The molecule has 0 saturated heterocycles. The van der Waals surface area contributed by atoms with E-state index in [2.05, 4.69) is 33.0 Å². The first-order chi connectivity index (χ1) is 9.02. The lowest BCUT2D eigenvalue weighted by molar-refractivity contribution is 0.159. The Hall–Kier alpha value is -0.0400. The monoisotopic (exact) mass is 265 g/mol. The number of nitrogens with one attached hydrogen (secondary N) is 1. The summed E-state index contributed by atoms with van der Waals surface area (Å²) in [6, 6.07) is 0.776. The van der Waals surface area contributed by atoms with Crippen LogP contribution in [0.5, 0.6) is 0 Å². The van der Waals surface area contributed by atoms with Gasteiger partial charge in [-0.1, -0.05) is 47.0 Å². The maximum absolute atomic E-state index is 4.01. The zero-order chi connectivity index (χ0) is 13.9. The SMILES string of the molecule is CC(C)CC1(CNC2C(C)CCCC2C)CCCC1. The highest BCUT2D eigenvalue weighted by molar-refractivity contribution is 4.91. The Morgan fingerprint density at radius 2 is 1.58 bits per heavy atom. The van der Waals surface area contributed by atoms with Crippen LogP contribution in [0.1, 0.15) is 79.1 Å². The van der Waals surface area contributed by atoms with Gasteiger partial charge in [-0.3, -0.25) is 0 Å². The highest BCUT2D eigenvalue weighted by Gasteiger charge is 2.36. The van der Waals surface area contributed by atoms with Crippen LogP contribution in [0.2, 0.25) is 0 Å². The second-order valence-corrected chi connectivity index (χ2v) is 8.10. The minimum absolute atomic E-state index is 0.630. The molecule has 0 aliphatic heterocycles. The Morgan fingerprint density at radius 3 is 2.11 bits per heavy atom. The Bertz CT molecular complexity index is 255. The molecule has 1 nitrogen and oxygen atoms in total. The van der Waals surface area contributed by atoms with Gasteiger partial charge < -0.3 is 5.32 Å². The molecule has 1 heteroatoms. The van der Waals surface area contributed by atoms with Crippen LogP contribution in [-0.4, -0.2) is 12.6 Å². The van der Waals surface area contributed by atoms with Crippen molar-refractivity contribution in [2.75, 3.05) is 6.54 Å². The van der Waals surface area contributed by atoms with Crippen molar-refractivity contribution in [1.29, 1.82) is 0 Å². The maximum atomic E-state index is 4.01. The number of rotatable bonds is 5. The summed E-state index contributed by atoms with van der Waals surface area (Å²) in [7, 11) is 0. The average Bonchev–Trinajstić information content (AvgIpc) is 2.76. The molecule has 0 radical (unpaired) electrons. The van der Waals surface area contributed by atoms with E-state index in [0.29, 0.717) is 5.41 Å². The van der Waals surface area contributed by atoms with Crippen molar-refractivity contribution in [3.63, 3.8) is 0 Å². The fourth-order valence-electron chi connectivity index (χ4n) is 4.86.